The van der Waals surface area contributed by atoms with Gasteiger partial charge in [-0.15, -0.1) is 0 Å². The first kappa shape index (κ1) is 16.4. The molecule has 0 radical (unpaired) electrons. The molecule has 0 aromatic heterocycles. The van der Waals surface area contributed by atoms with Crippen LogP contribution in [-0.2, 0) is 9.53 Å². The minimum atomic E-state index is -1.17. The maximum Gasteiger partial charge on any atom is 0.323 e. The Balaban J connectivity index is 2.64. The van der Waals surface area contributed by atoms with Crippen molar-refractivity contribution in [3.8, 4) is 0 Å². The van der Waals surface area contributed by atoms with E-state index in [1.165, 1.54) is 12.8 Å². The molecule has 19 heavy (non-hydrogen) atoms. The maximum absolute atomic E-state index is 11.1. The van der Waals surface area contributed by atoms with Crippen molar-refractivity contribution in [3.63, 3.8) is 0 Å². The van der Waals surface area contributed by atoms with Crippen LogP contribution in [0.3, 0.4) is 0 Å². The molecule has 0 aromatic carbocycles. The van der Waals surface area contributed by atoms with Crippen molar-refractivity contribution >= 4 is 5.97 Å². The summed E-state index contributed by atoms with van der Waals surface area (Å²) in [4.78, 5) is 13.5. The Hall–Kier alpha value is -0.650. The lowest BCUT2D eigenvalue weighted by atomic mass is 9.93. The van der Waals surface area contributed by atoms with Crippen LogP contribution in [-0.4, -0.2) is 53.9 Å². The summed E-state index contributed by atoms with van der Waals surface area (Å²) in [6, 6.07) is 0.603. The second-order valence-corrected chi connectivity index (χ2v) is 6.08. The summed E-state index contributed by atoms with van der Waals surface area (Å²) in [5.74, 6) is -0.196. The molecule has 5 heteroatoms. The summed E-state index contributed by atoms with van der Waals surface area (Å²) in [6.07, 6.45) is 3.00. The zero-order valence-electron chi connectivity index (χ0n) is 12.6. The van der Waals surface area contributed by atoms with E-state index in [9.17, 15) is 4.79 Å². The summed E-state index contributed by atoms with van der Waals surface area (Å²) in [5.41, 5.74) is 4.69. The summed E-state index contributed by atoms with van der Waals surface area (Å²) in [7, 11) is 1.69. The van der Waals surface area contributed by atoms with Gasteiger partial charge in [-0.05, 0) is 46.0 Å². The maximum atomic E-state index is 11.1. The van der Waals surface area contributed by atoms with Gasteiger partial charge in [-0.25, -0.2) is 0 Å². The fraction of sp³-hybridized carbons (Fsp3) is 0.929. The molecule has 0 aromatic rings. The van der Waals surface area contributed by atoms with Crippen LogP contribution in [0.1, 0.15) is 40.0 Å². The summed E-state index contributed by atoms with van der Waals surface area (Å²) < 4.78 is 5.16. The fourth-order valence-corrected chi connectivity index (χ4v) is 2.69. The van der Waals surface area contributed by atoms with E-state index in [0.29, 0.717) is 19.1 Å². The minimum Gasteiger partial charge on any atom is -0.480 e. The molecular weight excluding hydrogens is 244 g/mol. The van der Waals surface area contributed by atoms with Crippen LogP contribution in [0, 0.1) is 5.92 Å². The zero-order valence-corrected chi connectivity index (χ0v) is 12.6. The number of nitrogens with two attached hydrogens (primary N) is 1. The fourth-order valence-electron chi connectivity index (χ4n) is 2.69. The van der Waals surface area contributed by atoms with E-state index < -0.39 is 11.5 Å². The van der Waals surface area contributed by atoms with Gasteiger partial charge in [-0.1, -0.05) is 0 Å². The van der Waals surface area contributed by atoms with Crippen molar-refractivity contribution in [3.05, 3.63) is 0 Å². The molecule has 1 saturated carbocycles. The van der Waals surface area contributed by atoms with Crippen LogP contribution < -0.4 is 5.73 Å². The molecule has 0 spiro atoms. The van der Waals surface area contributed by atoms with Crippen LogP contribution in [0.25, 0.3) is 0 Å². The smallest absolute Gasteiger partial charge is 0.323 e. The number of carboxylic acids is 1. The van der Waals surface area contributed by atoms with Crippen molar-refractivity contribution in [2.45, 2.75) is 57.7 Å². The van der Waals surface area contributed by atoms with Gasteiger partial charge in [0.15, 0.2) is 0 Å². The monoisotopic (exact) mass is 272 g/mol. The first-order valence-corrected chi connectivity index (χ1v) is 7.06. The van der Waals surface area contributed by atoms with Crippen molar-refractivity contribution in [1.29, 1.82) is 0 Å². The number of ether oxygens (including phenoxy) is 1. The van der Waals surface area contributed by atoms with E-state index in [2.05, 4.69) is 18.7 Å². The molecule has 0 heterocycles. The summed E-state index contributed by atoms with van der Waals surface area (Å²) in [5, 5.41) is 9.14. The SMILES string of the molecule is COCCN(C(C)CC(C)(N)C(=O)O)C(C)C1CC1. The lowest BCUT2D eigenvalue weighted by Gasteiger charge is -2.37. The predicted molar refractivity (Wildman–Crippen MR) is 75.1 cm³/mol. The highest BCUT2D eigenvalue weighted by Crippen LogP contribution is 2.36. The molecule has 3 unspecified atom stereocenters. The van der Waals surface area contributed by atoms with Gasteiger partial charge in [0.05, 0.1) is 6.61 Å². The molecule has 5 nitrogen and oxygen atoms in total. The molecule has 0 bridgehead atoms. The summed E-state index contributed by atoms with van der Waals surface area (Å²) in [6.45, 7) is 7.35. The third-order valence-electron chi connectivity index (χ3n) is 4.16. The van der Waals surface area contributed by atoms with Crippen LogP contribution >= 0.6 is 0 Å². The highest BCUT2D eigenvalue weighted by molar-refractivity contribution is 5.77. The zero-order chi connectivity index (χ0) is 14.6. The van der Waals surface area contributed by atoms with E-state index in [0.717, 1.165) is 12.5 Å². The van der Waals surface area contributed by atoms with Crippen LogP contribution in [0.5, 0.6) is 0 Å². The van der Waals surface area contributed by atoms with Gasteiger partial charge in [0.2, 0.25) is 0 Å². The lowest BCUT2D eigenvalue weighted by molar-refractivity contribution is -0.143. The molecule has 1 aliphatic rings. The third kappa shape index (κ3) is 4.75. The van der Waals surface area contributed by atoms with Gasteiger partial charge in [-0.2, -0.15) is 0 Å². The van der Waals surface area contributed by atoms with E-state index in [1.807, 2.05) is 0 Å². The van der Waals surface area contributed by atoms with Gasteiger partial charge in [0, 0.05) is 25.7 Å². The Labute approximate surface area is 116 Å². The molecule has 3 N–H and O–H groups in total. The second-order valence-electron chi connectivity index (χ2n) is 6.08. The number of carboxylic acid groups (broad SMARTS) is 1. The Bertz CT molecular complexity index is 303. The van der Waals surface area contributed by atoms with Gasteiger partial charge < -0.3 is 15.6 Å². The van der Waals surface area contributed by atoms with Gasteiger partial charge in [0.1, 0.15) is 5.54 Å². The van der Waals surface area contributed by atoms with Crippen LogP contribution in [0.4, 0.5) is 0 Å². The van der Waals surface area contributed by atoms with Gasteiger partial charge >= 0.3 is 5.97 Å². The van der Waals surface area contributed by atoms with Gasteiger partial charge in [0.25, 0.3) is 0 Å². The number of carbonyl (C=O) groups is 1. The number of nitrogens with zero attached hydrogens (tertiary/aromatic N) is 1. The van der Waals surface area contributed by atoms with Crippen LogP contribution in [0.2, 0.25) is 0 Å². The first-order chi connectivity index (χ1) is 8.79. The minimum absolute atomic E-state index is 0.136. The molecule has 0 saturated heterocycles. The second kappa shape index (κ2) is 6.68. The Morgan fingerprint density at radius 3 is 2.53 bits per heavy atom. The summed E-state index contributed by atoms with van der Waals surface area (Å²) >= 11 is 0. The average molecular weight is 272 g/mol. The predicted octanol–water partition coefficient (Wildman–Crippen LogP) is 1.31. The van der Waals surface area contributed by atoms with E-state index >= 15 is 0 Å². The largest absolute Gasteiger partial charge is 0.480 e. The molecule has 0 amide bonds. The molecule has 112 valence electrons. The molecule has 0 aliphatic heterocycles. The number of hydrogen-bond donors (Lipinski definition) is 2. The Kier molecular flexibility index (Phi) is 5.77. The number of hydrogen-bond acceptors (Lipinski definition) is 4. The number of methoxy groups -OCH3 is 1. The highest BCUT2D eigenvalue weighted by atomic mass is 16.5. The van der Waals surface area contributed by atoms with Crippen molar-refractivity contribution in [2.24, 2.45) is 11.7 Å². The normalized spacial score (nSPS) is 22.0. The van der Waals surface area contributed by atoms with Crippen molar-refractivity contribution < 1.29 is 14.6 Å². The average Bonchev–Trinajstić information content (AvgIpc) is 3.12. The van der Waals surface area contributed by atoms with E-state index in [1.54, 1.807) is 14.0 Å². The Morgan fingerprint density at radius 2 is 2.11 bits per heavy atom. The first-order valence-electron chi connectivity index (χ1n) is 7.06. The number of aliphatic carboxylic acids is 1. The third-order valence-corrected chi connectivity index (χ3v) is 4.16. The molecular formula is C14H28N2O3. The quantitative estimate of drug-likeness (QED) is 0.662. The topological polar surface area (TPSA) is 75.8 Å². The standard InChI is InChI=1S/C14H28N2O3/c1-10(9-14(3,15)13(17)18)16(7-8-19-4)11(2)12-5-6-12/h10-12H,5-9,15H2,1-4H3,(H,17,18). The highest BCUT2D eigenvalue weighted by Gasteiger charge is 2.37. The molecule has 1 fully saturated rings. The van der Waals surface area contributed by atoms with E-state index in [4.69, 9.17) is 15.6 Å². The van der Waals surface area contributed by atoms with Crippen molar-refractivity contribution in [1.82, 2.24) is 4.90 Å². The molecule has 1 rings (SSSR count). The molecule has 3 atom stereocenters. The Morgan fingerprint density at radius 1 is 1.53 bits per heavy atom. The van der Waals surface area contributed by atoms with Crippen LogP contribution in [0.15, 0.2) is 0 Å². The van der Waals surface area contributed by atoms with Crippen molar-refractivity contribution in [2.75, 3.05) is 20.3 Å². The molecule has 1 aliphatic carbocycles. The number of rotatable bonds is 9. The lowest BCUT2D eigenvalue weighted by Crippen LogP contribution is -2.52. The van der Waals surface area contributed by atoms with E-state index in [-0.39, 0.29) is 6.04 Å². The van der Waals surface area contributed by atoms with Gasteiger partial charge in [-0.3, -0.25) is 9.69 Å².